The van der Waals surface area contributed by atoms with Crippen LogP contribution in [0.2, 0.25) is 5.02 Å². The smallest absolute Gasteiger partial charge is 0.249 e. The van der Waals surface area contributed by atoms with Gasteiger partial charge < -0.3 is 9.64 Å². The Balaban J connectivity index is 2.24. The van der Waals surface area contributed by atoms with E-state index in [-0.39, 0.29) is 29.8 Å². The van der Waals surface area contributed by atoms with Gasteiger partial charge in [0.15, 0.2) is 0 Å². The molecule has 1 aliphatic rings. The molecule has 0 N–H and O–H groups in total. The molecule has 1 amide bonds. The van der Waals surface area contributed by atoms with Crippen LogP contribution in [0.5, 0.6) is 0 Å². The molecule has 4 atom stereocenters. The summed E-state index contributed by atoms with van der Waals surface area (Å²) in [4.78, 5) is 14.5. The van der Waals surface area contributed by atoms with E-state index < -0.39 is 10.8 Å². The Bertz CT molecular complexity index is 605. The molecule has 140 valence electrons. The van der Waals surface area contributed by atoms with E-state index in [9.17, 15) is 9.00 Å². The summed E-state index contributed by atoms with van der Waals surface area (Å²) in [7, 11) is -0.972. The SMILES string of the molecule is CCC(CS(=O)C(C)C(C)C)N1C(=O)COCC1c1ccc(Cl)cc1. The Morgan fingerprint density at radius 1 is 1.28 bits per heavy atom. The van der Waals surface area contributed by atoms with Crippen LogP contribution in [0.25, 0.3) is 0 Å². The van der Waals surface area contributed by atoms with Crippen LogP contribution in [-0.2, 0) is 20.3 Å². The lowest BCUT2D eigenvalue weighted by molar-refractivity contribution is -0.151. The lowest BCUT2D eigenvalue weighted by Crippen LogP contribution is -2.51. The Morgan fingerprint density at radius 3 is 2.48 bits per heavy atom. The molecule has 0 saturated carbocycles. The number of amides is 1. The maximum Gasteiger partial charge on any atom is 0.249 e. The summed E-state index contributed by atoms with van der Waals surface area (Å²) < 4.78 is 18.2. The van der Waals surface area contributed by atoms with Gasteiger partial charge in [-0.15, -0.1) is 0 Å². The quantitative estimate of drug-likeness (QED) is 0.716. The standard InChI is InChI=1S/C19H28ClNO3S/c1-5-17(12-25(23)14(4)13(2)3)21-18(10-24-11-19(21)22)15-6-8-16(20)9-7-15/h6-9,13-14,17-18H,5,10-12H2,1-4H3. The number of carbonyl (C=O) groups excluding carboxylic acids is 1. The van der Waals surface area contributed by atoms with E-state index in [0.29, 0.717) is 23.3 Å². The van der Waals surface area contributed by atoms with Crippen LogP contribution >= 0.6 is 11.6 Å². The van der Waals surface area contributed by atoms with Crippen molar-refractivity contribution < 1.29 is 13.7 Å². The van der Waals surface area contributed by atoms with Crippen molar-refractivity contribution in [1.29, 1.82) is 0 Å². The van der Waals surface area contributed by atoms with Gasteiger partial charge in [0.25, 0.3) is 0 Å². The van der Waals surface area contributed by atoms with Gasteiger partial charge in [-0.2, -0.15) is 0 Å². The van der Waals surface area contributed by atoms with Gasteiger partial charge in [-0.05, 0) is 30.0 Å². The molecule has 4 nitrogen and oxygen atoms in total. The van der Waals surface area contributed by atoms with Crippen LogP contribution < -0.4 is 0 Å². The average molecular weight is 386 g/mol. The summed E-state index contributed by atoms with van der Waals surface area (Å²) in [5, 5.41) is 0.774. The van der Waals surface area contributed by atoms with Crippen LogP contribution in [0.4, 0.5) is 0 Å². The molecule has 1 aromatic carbocycles. The maximum absolute atomic E-state index is 12.7. The monoisotopic (exact) mass is 385 g/mol. The highest BCUT2D eigenvalue weighted by Gasteiger charge is 2.36. The molecule has 1 aliphatic heterocycles. The number of rotatable bonds is 7. The van der Waals surface area contributed by atoms with Crippen molar-refractivity contribution in [1.82, 2.24) is 4.90 Å². The lowest BCUT2D eigenvalue weighted by Gasteiger charge is -2.41. The number of halogens is 1. The summed E-state index contributed by atoms with van der Waals surface area (Å²) in [5.41, 5.74) is 0.999. The first-order chi connectivity index (χ1) is 11.8. The molecule has 1 aromatic rings. The van der Waals surface area contributed by atoms with Crippen molar-refractivity contribution in [2.45, 2.75) is 51.4 Å². The van der Waals surface area contributed by atoms with E-state index >= 15 is 0 Å². The highest BCUT2D eigenvalue weighted by atomic mass is 35.5. The Hall–Kier alpha value is -0.910. The zero-order valence-corrected chi connectivity index (χ0v) is 17.0. The van der Waals surface area contributed by atoms with Gasteiger partial charge in [0, 0.05) is 32.9 Å². The topological polar surface area (TPSA) is 46.6 Å². The van der Waals surface area contributed by atoms with E-state index in [2.05, 4.69) is 13.8 Å². The molecule has 1 heterocycles. The van der Waals surface area contributed by atoms with Gasteiger partial charge in [-0.3, -0.25) is 9.00 Å². The van der Waals surface area contributed by atoms with Crippen LogP contribution in [0.1, 0.15) is 45.7 Å². The third kappa shape index (κ3) is 5.05. The summed E-state index contributed by atoms with van der Waals surface area (Å²) in [5.74, 6) is 0.823. The van der Waals surface area contributed by atoms with Crippen molar-refractivity contribution in [2.75, 3.05) is 19.0 Å². The summed E-state index contributed by atoms with van der Waals surface area (Å²) in [6, 6.07) is 7.31. The van der Waals surface area contributed by atoms with Gasteiger partial charge >= 0.3 is 0 Å². The molecular weight excluding hydrogens is 358 g/mol. The van der Waals surface area contributed by atoms with Crippen molar-refractivity contribution in [2.24, 2.45) is 5.92 Å². The minimum Gasteiger partial charge on any atom is -0.369 e. The third-order valence-electron chi connectivity index (χ3n) is 4.95. The molecule has 1 saturated heterocycles. The minimum atomic E-state index is -0.972. The molecular formula is C19H28ClNO3S. The highest BCUT2D eigenvalue weighted by Crippen LogP contribution is 2.29. The number of hydrogen-bond donors (Lipinski definition) is 0. The van der Waals surface area contributed by atoms with Gasteiger partial charge in [-0.25, -0.2) is 0 Å². The summed E-state index contributed by atoms with van der Waals surface area (Å²) in [6.45, 7) is 8.78. The second-order valence-electron chi connectivity index (χ2n) is 6.94. The molecule has 0 spiro atoms. The van der Waals surface area contributed by atoms with Gasteiger partial charge in [0.1, 0.15) is 6.61 Å². The normalized spacial score (nSPS) is 22.1. The number of hydrogen-bond acceptors (Lipinski definition) is 3. The van der Waals surface area contributed by atoms with Crippen molar-refractivity contribution >= 4 is 28.3 Å². The second kappa shape index (κ2) is 9.15. The number of benzene rings is 1. The Labute approximate surface area is 158 Å². The fourth-order valence-electron chi connectivity index (χ4n) is 3.03. The molecule has 1 fully saturated rings. The van der Waals surface area contributed by atoms with Crippen LogP contribution in [0, 0.1) is 5.92 Å². The van der Waals surface area contributed by atoms with Gasteiger partial charge in [0.2, 0.25) is 5.91 Å². The molecule has 0 radical (unpaired) electrons. The fraction of sp³-hybridized carbons (Fsp3) is 0.632. The van der Waals surface area contributed by atoms with Crippen molar-refractivity contribution in [3.8, 4) is 0 Å². The van der Waals surface area contributed by atoms with E-state index in [4.69, 9.17) is 16.3 Å². The predicted octanol–water partition coefficient (Wildman–Crippen LogP) is 3.81. The first-order valence-corrected chi connectivity index (χ1v) is 10.6. The number of nitrogens with zero attached hydrogens (tertiary/aromatic N) is 1. The second-order valence-corrected chi connectivity index (χ2v) is 9.22. The average Bonchev–Trinajstić information content (AvgIpc) is 2.59. The van der Waals surface area contributed by atoms with Crippen LogP contribution in [0.3, 0.4) is 0 Å². The first kappa shape index (κ1) is 20.4. The zero-order chi connectivity index (χ0) is 18.6. The molecule has 6 heteroatoms. The molecule has 0 aliphatic carbocycles. The predicted molar refractivity (Wildman–Crippen MR) is 103 cm³/mol. The number of ether oxygens (including phenoxy) is 1. The first-order valence-electron chi connectivity index (χ1n) is 8.86. The van der Waals surface area contributed by atoms with Crippen LogP contribution in [0.15, 0.2) is 24.3 Å². The zero-order valence-electron chi connectivity index (χ0n) is 15.4. The molecule has 25 heavy (non-hydrogen) atoms. The lowest BCUT2D eigenvalue weighted by atomic mass is 10.0. The largest absolute Gasteiger partial charge is 0.369 e. The third-order valence-corrected chi connectivity index (χ3v) is 7.29. The molecule has 2 rings (SSSR count). The maximum atomic E-state index is 12.7. The van der Waals surface area contributed by atoms with E-state index in [1.54, 1.807) is 0 Å². The Kier molecular flexibility index (Phi) is 7.47. The molecule has 0 bridgehead atoms. The summed E-state index contributed by atoms with van der Waals surface area (Å²) in [6.07, 6.45) is 0.770. The Morgan fingerprint density at radius 2 is 1.92 bits per heavy atom. The molecule has 0 aromatic heterocycles. The van der Waals surface area contributed by atoms with Gasteiger partial charge in [0.05, 0.1) is 12.6 Å². The van der Waals surface area contributed by atoms with Crippen molar-refractivity contribution in [3.05, 3.63) is 34.9 Å². The minimum absolute atomic E-state index is 0.0350. The van der Waals surface area contributed by atoms with Crippen LogP contribution in [-0.4, -0.2) is 45.3 Å². The van der Waals surface area contributed by atoms with E-state index in [0.717, 1.165) is 12.0 Å². The fourth-order valence-corrected chi connectivity index (χ4v) is 4.84. The number of morpholine rings is 1. The highest BCUT2D eigenvalue weighted by molar-refractivity contribution is 7.85. The van der Waals surface area contributed by atoms with E-state index in [1.807, 2.05) is 43.0 Å². The number of carbonyl (C=O) groups is 1. The van der Waals surface area contributed by atoms with Crippen molar-refractivity contribution in [3.63, 3.8) is 0 Å². The van der Waals surface area contributed by atoms with Gasteiger partial charge in [-0.1, -0.05) is 51.4 Å². The summed E-state index contributed by atoms with van der Waals surface area (Å²) >= 11 is 5.99. The molecule has 4 unspecified atom stereocenters. The van der Waals surface area contributed by atoms with E-state index in [1.165, 1.54) is 0 Å².